The molecule has 0 heterocycles. The van der Waals surface area contributed by atoms with Crippen LogP contribution in [0.3, 0.4) is 0 Å². The molecule has 1 aromatic carbocycles. The third-order valence-electron chi connectivity index (χ3n) is 1.53. The monoisotopic (exact) mass is 191 g/mol. The van der Waals surface area contributed by atoms with E-state index in [0.29, 0.717) is 0 Å². The number of benzene rings is 1. The van der Waals surface area contributed by atoms with Crippen LogP contribution in [0.2, 0.25) is 0 Å². The zero-order valence-electron chi connectivity index (χ0n) is 7.83. The van der Waals surface area contributed by atoms with Crippen LogP contribution in [0.4, 0.5) is 0 Å². The Balaban J connectivity index is 2.40. The highest BCUT2D eigenvalue weighted by atomic mass is 16.5. The molecule has 0 aliphatic carbocycles. The summed E-state index contributed by atoms with van der Waals surface area (Å²) >= 11 is 0. The maximum Gasteiger partial charge on any atom is 0.304 e. The predicted molar refractivity (Wildman–Crippen MR) is 51.9 cm³/mol. The Morgan fingerprint density at radius 3 is 2.79 bits per heavy atom. The van der Waals surface area contributed by atoms with Crippen molar-refractivity contribution in [2.75, 3.05) is 6.73 Å². The van der Waals surface area contributed by atoms with Crippen molar-refractivity contribution in [1.82, 2.24) is 5.32 Å². The molecule has 0 atom stereocenters. The summed E-state index contributed by atoms with van der Waals surface area (Å²) in [6.07, 6.45) is 0. The third-order valence-corrected chi connectivity index (χ3v) is 1.53. The van der Waals surface area contributed by atoms with Gasteiger partial charge in [0.1, 0.15) is 5.84 Å². The van der Waals surface area contributed by atoms with Gasteiger partial charge in [-0.05, 0) is 6.07 Å². The molecule has 2 N–H and O–H groups in total. The van der Waals surface area contributed by atoms with E-state index in [1.54, 1.807) is 24.3 Å². The minimum atomic E-state index is -0.369. The normalized spacial score (nSPS) is 9.21. The Labute approximate surface area is 82.4 Å². The van der Waals surface area contributed by atoms with E-state index in [-0.39, 0.29) is 18.5 Å². The molecule has 0 fully saturated rings. The van der Waals surface area contributed by atoms with E-state index in [0.717, 1.165) is 5.56 Å². The summed E-state index contributed by atoms with van der Waals surface area (Å²) in [4.78, 5) is 10.4. The Bertz CT molecular complexity index is 322. The van der Waals surface area contributed by atoms with Gasteiger partial charge in [-0.1, -0.05) is 24.3 Å². The molecular formula is C10H11N2O2. The van der Waals surface area contributed by atoms with E-state index in [1.807, 2.05) is 0 Å². The van der Waals surface area contributed by atoms with Gasteiger partial charge in [-0.2, -0.15) is 0 Å². The summed E-state index contributed by atoms with van der Waals surface area (Å²) in [5, 5.41) is 10.2. The van der Waals surface area contributed by atoms with E-state index >= 15 is 0 Å². The molecule has 0 aliphatic heterocycles. The molecular weight excluding hydrogens is 180 g/mol. The quantitative estimate of drug-likeness (QED) is 0.323. The molecule has 0 saturated carbocycles. The Morgan fingerprint density at radius 2 is 2.21 bits per heavy atom. The van der Waals surface area contributed by atoms with Gasteiger partial charge in [0.2, 0.25) is 0 Å². The van der Waals surface area contributed by atoms with Crippen molar-refractivity contribution in [3.05, 3.63) is 35.9 Å². The van der Waals surface area contributed by atoms with Crippen molar-refractivity contribution in [2.24, 2.45) is 0 Å². The van der Waals surface area contributed by atoms with Crippen LogP contribution in [0.15, 0.2) is 24.3 Å². The first-order valence-electron chi connectivity index (χ1n) is 4.12. The second kappa shape index (κ2) is 5.01. The van der Waals surface area contributed by atoms with Crippen molar-refractivity contribution in [2.45, 2.75) is 6.92 Å². The molecule has 1 rings (SSSR count). The lowest BCUT2D eigenvalue weighted by Gasteiger charge is -2.07. The van der Waals surface area contributed by atoms with Crippen molar-refractivity contribution < 1.29 is 9.53 Å². The second-order valence-electron chi connectivity index (χ2n) is 2.62. The lowest BCUT2D eigenvalue weighted by molar-refractivity contribution is -0.141. The maximum absolute atomic E-state index is 10.4. The highest BCUT2D eigenvalue weighted by molar-refractivity contribution is 5.96. The van der Waals surface area contributed by atoms with Crippen molar-refractivity contribution in [3.8, 4) is 0 Å². The number of carbonyl (C=O) groups is 1. The van der Waals surface area contributed by atoms with Crippen molar-refractivity contribution >= 4 is 11.8 Å². The molecule has 4 heteroatoms. The molecule has 0 spiro atoms. The topological polar surface area (TPSA) is 62.2 Å². The predicted octanol–water partition coefficient (Wildman–Crippen LogP) is 0.922. The number of hydrogen-bond donors (Lipinski definition) is 2. The second-order valence-corrected chi connectivity index (χ2v) is 2.62. The molecule has 0 amide bonds. The number of rotatable bonds is 3. The van der Waals surface area contributed by atoms with E-state index < -0.39 is 0 Å². The minimum absolute atomic E-state index is 0.0206. The summed E-state index contributed by atoms with van der Waals surface area (Å²) < 4.78 is 4.64. The fourth-order valence-corrected chi connectivity index (χ4v) is 0.866. The van der Waals surface area contributed by atoms with Crippen LogP contribution < -0.4 is 5.32 Å². The molecule has 0 saturated heterocycles. The first-order chi connectivity index (χ1) is 6.70. The summed E-state index contributed by atoms with van der Waals surface area (Å²) in [7, 11) is 0. The van der Waals surface area contributed by atoms with Gasteiger partial charge in [-0.25, -0.2) is 0 Å². The molecule has 4 nitrogen and oxygen atoms in total. The molecule has 1 aromatic rings. The zero-order valence-corrected chi connectivity index (χ0v) is 7.83. The number of nitrogens with one attached hydrogen (secondary N) is 2. The van der Waals surface area contributed by atoms with Gasteiger partial charge in [0.05, 0.1) is 0 Å². The van der Waals surface area contributed by atoms with Gasteiger partial charge in [0.15, 0.2) is 6.73 Å². The van der Waals surface area contributed by atoms with Gasteiger partial charge >= 0.3 is 5.97 Å². The first kappa shape index (κ1) is 10.2. The molecule has 0 bridgehead atoms. The smallest absolute Gasteiger partial charge is 0.304 e. The molecule has 14 heavy (non-hydrogen) atoms. The van der Waals surface area contributed by atoms with Crippen molar-refractivity contribution in [1.29, 1.82) is 5.41 Å². The number of amidine groups is 1. The van der Waals surface area contributed by atoms with Gasteiger partial charge in [-0.3, -0.25) is 10.2 Å². The summed E-state index contributed by atoms with van der Waals surface area (Å²) in [5.41, 5.74) is 0.732. The Hall–Kier alpha value is -1.84. The fourth-order valence-electron chi connectivity index (χ4n) is 0.866. The third kappa shape index (κ3) is 3.26. The summed E-state index contributed by atoms with van der Waals surface area (Å²) in [6.45, 7) is 1.34. The van der Waals surface area contributed by atoms with E-state index in [4.69, 9.17) is 5.41 Å². The molecule has 1 radical (unpaired) electrons. The van der Waals surface area contributed by atoms with Crippen LogP contribution in [-0.4, -0.2) is 18.5 Å². The van der Waals surface area contributed by atoms with Gasteiger partial charge in [-0.15, -0.1) is 0 Å². The van der Waals surface area contributed by atoms with E-state index in [9.17, 15) is 4.79 Å². The number of esters is 1. The average molecular weight is 191 g/mol. The molecule has 0 unspecified atom stereocenters. The highest BCUT2D eigenvalue weighted by Crippen LogP contribution is 1.96. The Morgan fingerprint density at radius 1 is 1.57 bits per heavy atom. The van der Waals surface area contributed by atoms with Crippen LogP contribution in [0.25, 0.3) is 0 Å². The molecule has 0 aromatic heterocycles. The first-order valence-corrected chi connectivity index (χ1v) is 4.12. The SMILES string of the molecule is CC(=O)OCNC(=N)c1cc[c]cc1. The minimum Gasteiger partial charge on any atom is -0.445 e. The van der Waals surface area contributed by atoms with Crippen LogP contribution in [-0.2, 0) is 9.53 Å². The fraction of sp³-hybridized carbons (Fsp3) is 0.200. The van der Waals surface area contributed by atoms with Crippen LogP contribution in [0, 0.1) is 11.5 Å². The number of ether oxygens (including phenoxy) is 1. The van der Waals surface area contributed by atoms with Crippen LogP contribution >= 0.6 is 0 Å². The summed E-state index contributed by atoms with van der Waals surface area (Å²) in [5.74, 6) is -0.146. The molecule has 0 aliphatic rings. The van der Waals surface area contributed by atoms with Gasteiger partial charge in [0, 0.05) is 12.5 Å². The maximum atomic E-state index is 10.4. The zero-order chi connectivity index (χ0) is 10.4. The van der Waals surface area contributed by atoms with Crippen LogP contribution in [0.5, 0.6) is 0 Å². The largest absolute Gasteiger partial charge is 0.445 e. The van der Waals surface area contributed by atoms with Crippen molar-refractivity contribution in [3.63, 3.8) is 0 Å². The highest BCUT2D eigenvalue weighted by Gasteiger charge is 1.99. The standard InChI is InChI=1S/C10H11N2O2/c1-8(13)14-7-12-10(11)9-5-3-2-4-6-9/h3-6H,7H2,1H3,(H2,11,12). The number of hydrogen-bond acceptors (Lipinski definition) is 3. The van der Waals surface area contributed by atoms with E-state index in [1.165, 1.54) is 6.92 Å². The average Bonchev–Trinajstić information content (AvgIpc) is 2.18. The lowest BCUT2D eigenvalue weighted by Crippen LogP contribution is -2.27. The number of carbonyl (C=O) groups excluding carboxylic acids is 1. The lowest BCUT2D eigenvalue weighted by atomic mass is 10.2. The van der Waals surface area contributed by atoms with Gasteiger partial charge in [0.25, 0.3) is 0 Å². The van der Waals surface area contributed by atoms with E-state index in [2.05, 4.69) is 16.1 Å². The molecule has 73 valence electrons. The summed E-state index contributed by atoms with van der Waals surface area (Å²) in [6, 6.07) is 9.80. The van der Waals surface area contributed by atoms with Gasteiger partial charge < -0.3 is 10.1 Å². The van der Waals surface area contributed by atoms with Crippen LogP contribution in [0.1, 0.15) is 12.5 Å². The Kier molecular flexibility index (Phi) is 3.67.